The minimum atomic E-state index is 0.225. The van der Waals surface area contributed by atoms with E-state index in [9.17, 15) is 0 Å². The maximum Gasteiger partial charge on any atom is 0.0779 e. The van der Waals surface area contributed by atoms with Crippen LogP contribution in [0.2, 0.25) is 0 Å². The highest BCUT2D eigenvalue weighted by atomic mass is 79.9. The number of alkyl halides is 1. The van der Waals surface area contributed by atoms with Gasteiger partial charge in [0, 0.05) is 5.33 Å². The maximum absolute atomic E-state index is 6.02. The van der Waals surface area contributed by atoms with Gasteiger partial charge in [-0.15, -0.1) is 0 Å². The van der Waals surface area contributed by atoms with Crippen molar-refractivity contribution in [3.63, 3.8) is 0 Å². The van der Waals surface area contributed by atoms with E-state index in [-0.39, 0.29) is 5.60 Å². The summed E-state index contributed by atoms with van der Waals surface area (Å²) in [6.07, 6.45) is 8.05. The summed E-state index contributed by atoms with van der Waals surface area (Å²) in [4.78, 5) is 0. The molecule has 0 heterocycles. The molecule has 2 aliphatic carbocycles. The highest BCUT2D eigenvalue weighted by molar-refractivity contribution is 9.09. The SMILES string of the molecule is BrCC1(OCC2CC2)CCCC1. The van der Waals surface area contributed by atoms with Crippen LogP contribution in [0.15, 0.2) is 0 Å². The number of hydrogen-bond acceptors (Lipinski definition) is 1. The molecule has 0 atom stereocenters. The third kappa shape index (κ3) is 2.02. The van der Waals surface area contributed by atoms with Gasteiger partial charge in [-0.2, -0.15) is 0 Å². The summed E-state index contributed by atoms with van der Waals surface area (Å²) in [5.74, 6) is 0.904. The Hall–Kier alpha value is 0.440. The number of ether oxygens (including phenoxy) is 1. The first-order chi connectivity index (χ1) is 5.85. The first-order valence-corrected chi connectivity index (χ1v) is 6.17. The van der Waals surface area contributed by atoms with Crippen molar-refractivity contribution < 1.29 is 4.74 Å². The quantitative estimate of drug-likeness (QED) is 0.678. The fourth-order valence-electron chi connectivity index (χ4n) is 1.92. The molecule has 1 nitrogen and oxygen atoms in total. The van der Waals surface area contributed by atoms with Gasteiger partial charge < -0.3 is 4.74 Å². The Morgan fingerprint density at radius 3 is 2.42 bits per heavy atom. The minimum absolute atomic E-state index is 0.225. The van der Waals surface area contributed by atoms with Crippen molar-refractivity contribution in [2.75, 3.05) is 11.9 Å². The number of rotatable bonds is 4. The Morgan fingerprint density at radius 2 is 1.92 bits per heavy atom. The van der Waals surface area contributed by atoms with Gasteiger partial charge in [-0.25, -0.2) is 0 Å². The molecule has 2 aliphatic rings. The summed E-state index contributed by atoms with van der Waals surface area (Å²) >= 11 is 3.58. The predicted octanol–water partition coefficient (Wildman–Crippen LogP) is 3.12. The topological polar surface area (TPSA) is 9.23 Å². The first-order valence-electron chi connectivity index (χ1n) is 5.05. The molecule has 0 radical (unpaired) electrons. The highest BCUT2D eigenvalue weighted by Gasteiger charge is 2.35. The Morgan fingerprint density at radius 1 is 1.25 bits per heavy atom. The lowest BCUT2D eigenvalue weighted by molar-refractivity contribution is -0.0268. The lowest BCUT2D eigenvalue weighted by Gasteiger charge is -2.27. The molecule has 2 saturated carbocycles. The summed E-state index contributed by atoms with van der Waals surface area (Å²) < 4.78 is 6.02. The number of hydrogen-bond donors (Lipinski definition) is 0. The predicted molar refractivity (Wildman–Crippen MR) is 53.7 cm³/mol. The lowest BCUT2D eigenvalue weighted by atomic mass is 10.1. The van der Waals surface area contributed by atoms with Crippen LogP contribution < -0.4 is 0 Å². The zero-order valence-electron chi connectivity index (χ0n) is 7.52. The maximum atomic E-state index is 6.02. The van der Waals surface area contributed by atoms with Crippen LogP contribution in [0.25, 0.3) is 0 Å². The Balaban J connectivity index is 1.79. The van der Waals surface area contributed by atoms with Crippen molar-refractivity contribution in [3.05, 3.63) is 0 Å². The van der Waals surface area contributed by atoms with Gasteiger partial charge in [-0.3, -0.25) is 0 Å². The molecule has 2 heteroatoms. The average Bonchev–Trinajstić information content (AvgIpc) is 2.82. The molecule has 0 saturated heterocycles. The van der Waals surface area contributed by atoms with E-state index in [1.54, 1.807) is 0 Å². The van der Waals surface area contributed by atoms with Crippen molar-refractivity contribution in [2.24, 2.45) is 5.92 Å². The third-order valence-corrected chi connectivity index (χ3v) is 4.10. The summed E-state index contributed by atoms with van der Waals surface area (Å²) in [6, 6.07) is 0. The average molecular weight is 233 g/mol. The van der Waals surface area contributed by atoms with Crippen molar-refractivity contribution >= 4 is 15.9 Å². The van der Waals surface area contributed by atoms with Gasteiger partial charge in [0.15, 0.2) is 0 Å². The fraction of sp³-hybridized carbons (Fsp3) is 1.00. The van der Waals surface area contributed by atoms with Gasteiger partial charge in [0.1, 0.15) is 0 Å². The van der Waals surface area contributed by atoms with Crippen LogP contribution in [-0.4, -0.2) is 17.5 Å². The van der Waals surface area contributed by atoms with Gasteiger partial charge in [0.25, 0.3) is 0 Å². The van der Waals surface area contributed by atoms with Gasteiger partial charge in [0.05, 0.1) is 12.2 Å². The van der Waals surface area contributed by atoms with Crippen molar-refractivity contribution in [1.29, 1.82) is 0 Å². The van der Waals surface area contributed by atoms with Crippen molar-refractivity contribution in [1.82, 2.24) is 0 Å². The van der Waals surface area contributed by atoms with Crippen LogP contribution in [0, 0.1) is 5.92 Å². The summed E-state index contributed by atoms with van der Waals surface area (Å²) in [6.45, 7) is 1.02. The molecule has 2 rings (SSSR count). The molecule has 2 fully saturated rings. The molecular weight excluding hydrogens is 216 g/mol. The van der Waals surface area contributed by atoms with Gasteiger partial charge in [0.2, 0.25) is 0 Å². The highest BCUT2D eigenvalue weighted by Crippen LogP contribution is 2.37. The van der Waals surface area contributed by atoms with E-state index in [2.05, 4.69) is 15.9 Å². The lowest BCUT2D eigenvalue weighted by Crippen LogP contribution is -2.31. The van der Waals surface area contributed by atoms with E-state index >= 15 is 0 Å². The molecule has 0 aromatic carbocycles. The van der Waals surface area contributed by atoms with E-state index in [0.29, 0.717) is 0 Å². The molecule has 0 unspecified atom stereocenters. The standard InChI is InChI=1S/C10H17BrO/c11-8-10(5-1-2-6-10)12-7-9-3-4-9/h9H,1-8H2. The molecular formula is C10H17BrO. The monoisotopic (exact) mass is 232 g/mol. The van der Waals surface area contributed by atoms with Crippen LogP contribution in [0.1, 0.15) is 38.5 Å². The van der Waals surface area contributed by atoms with Gasteiger partial charge in [-0.1, -0.05) is 28.8 Å². The fourth-order valence-corrected chi connectivity index (χ4v) is 2.64. The molecule has 0 N–H and O–H groups in total. The zero-order chi connectivity index (χ0) is 8.44. The summed E-state index contributed by atoms with van der Waals surface area (Å²) in [5.41, 5.74) is 0.225. The molecule has 0 amide bonds. The molecule has 12 heavy (non-hydrogen) atoms. The van der Waals surface area contributed by atoms with Crippen molar-refractivity contribution in [3.8, 4) is 0 Å². The minimum Gasteiger partial charge on any atom is -0.374 e. The molecule has 70 valence electrons. The zero-order valence-corrected chi connectivity index (χ0v) is 9.11. The largest absolute Gasteiger partial charge is 0.374 e. The van der Waals surface area contributed by atoms with E-state index < -0.39 is 0 Å². The van der Waals surface area contributed by atoms with E-state index in [0.717, 1.165) is 17.9 Å². The molecule has 0 aromatic heterocycles. The van der Waals surface area contributed by atoms with Gasteiger partial charge >= 0.3 is 0 Å². The first kappa shape index (κ1) is 9.01. The number of halogens is 1. The van der Waals surface area contributed by atoms with Crippen molar-refractivity contribution in [2.45, 2.75) is 44.1 Å². The second-order valence-electron chi connectivity index (χ2n) is 4.28. The molecule has 0 spiro atoms. The molecule has 0 aliphatic heterocycles. The van der Waals surface area contributed by atoms with Crippen LogP contribution in [0.5, 0.6) is 0 Å². The summed E-state index contributed by atoms with van der Waals surface area (Å²) in [7, 11) is 0. The molecule has 0 bridgehead atoms. The van der Waals surface area contributed by atoms with Crippen LogP contribution in [-0.2, 0) is 4.74 Å². The second-order valence-corrected chi connectivity index (χ2v) is 4.84. The second kappa shape index (κ2) is 3.67. The Labute approximate surface area is 83.0 Å². The van der Waals surface area contributed by atoms with Crippen LogP contribution >= 0.6 is 15.9 Å². The Kier molecular flexibility index (Phi) is 2.75. The van der Waals surface area contributed by atoms with E-state index in [1.165, 1.54) is 38.5 Å². The Bertz CT molecular complexity index is 148. The van der Waals surface area contributed by atoms with Crippen LogP contribution in [0.3, 0.4) is 0 Å². The normalized spacial score (nSPS) is 27.8. The molecule has 0 aromatic rings. The van der Waals surface area contributed by atoms with Gasteiger partial charge in [-0.05, 0) is 31.6 Å². The van der Waals surface area contributed by atoms with Crippen LogP contribution in [0.4, 0.5) is 0 Å². The van der Waals surface area contributed by atoms with E-state index in [1.807, 2.05) is 0 Å². The summed E-state index contributed by atoms with van der Waals surface area (Å²) in [5, 5.41) is 1.03. The smallest absolute Gasteiger partial charge is 0.0779 e. The van der Waals surface area contributed by atoms with E-state index in [4.69, 9.17) is 4.74 Å². The third-order valence-electron chi connectivity index (χ3n) is 3.08.